The van der Waals surface area contributed by atoms with E-state index >= 15 is 0 Å². The van der Waals surface area contributed by atoms with Gasteiger partial charge in [-0.2, -0.15) is 13.2 Å². The van der Waals surface area contributed by atoms with Crippen LogP contribution >= 0.6 is 0 Å². The number of anilines is 1. The maximum Gasteiger partial charge on any atom is 0.416 e. The van der Waals surface area contributed by atoms with Gasteiger partial charge < -0.3 is 10.3 Å². The fraction of sp³-hybridized carbons (Fsp3) is 0.533. The lowest BCUT2D eigenvalue weighted by atomic mass is 10.1. The van der Waals surface area contributed by atoms with Gasteiger partial charge in [-0.05, 0) is 31.0 Å². The van der Waals surface area contributed by atoms with E-state index in [9.17, 15) is 13.2 Å². The molecule has 1 aromatic heterocycles. The normalized spacial score (nSPS) is 18.0. The number of benzene rings is 1. The number of imidazole rings is 1. The van der Waals surface area contributed by atoms with Gasteiger partial charge in [-0.25, -0.2) is 4.98 Å². The zero-order valence-electron chi connectivity index (χ0n) is 11.7. The topological polar surface area (TPSA) is 43.8 Å². The second-order valence-corrected chi connectivity index (χ2v) is 5.69. The van der Waals surface area contributed by atoms with Crippen molar-refractivity contribution in [2.24, 2.45) is 0 Å². The molecule has 0 amide bonds. The summed E-state index contributed by atoms with van der Waals surface area (Å²) in [5.74, 6) is 0.316. The van der Waals surface area contributed by atoms with E-state index < -0.39 is 11.7 Å². The molecule has 0 radical (unpaired) electrons. The van der Waals surface area contributed by atoms with Crippen molar-refractivity contribution < 1.29 is 13.2 Å². The molecule has 0 spiro atoms. The Kier molecular flexibility index (Phi) is 3.55. The van der Waals surface area contributed by atoms with E-state index in [-0.39, 0.29) is 6.04 Å². The molecular formula is C15H18F3N3. The molecule has 1 aliphatic carbocycles. The van der Waals surface area contributed by atoms with Crippen molar-refractivity contribution in [1.29, 1.82) is 0 Å². The maximum atomic E-state index is 12.8. The van der Waals surface area contributed by atoms with E-state index in [2.05, 4.69) is 4.98 Å². The highest BCUT2D eigenvalue weighted by atomic mass is 19.4. The number of aromatic nitrogens is 2. The Morgan fingerprint density at radius 3 is 2.38 bits per heavy atom. The van der Waals surface area contributed by atoms with Gasteiger partial charge in [0.2, 0.25) is 5.95 Å². The molecule has 1 heterocycles. The molecule has 3 nitrogen and oxygen atoms in total. The average molecular weight is 297 g/mol. The number of alkyl halides is 3. The van der Waals surface area contributed by atoms with E-state index in [0.717, 1.165) is 37.8 Å². The molecule has 1 fully saturated rings. The molecule has 1 saturated carbocycles. The van der Waals surface area contributed by atoms with Crippen LogP contribution in [-0.4, -0.2) is 9.55 Å². The van der Waals surface area contributed by atoms with Gasteiger partial charge in [0.15, 0.2) is 0 Å². The van der Waals surface area contributed by atoms with Gasteiger partial charge in [0, 0.05) is 6.04 Å². The number of fused-ring (bicyclic) bond motifs is 1. The summed E-state index contributed by atoms with van der Waals surface area (Å²) in [6.07, 6.45) is 2.35. The van der Waals surface area contributed by atoms with E-state index in [1.54, 1.807) is 0 Å². The van der Waals surface area contributed by atoms with Crippen molar-refractivity contribution in [3.63, 3.8) is 0 Å². The van der Waals surface area contributed by atoms with Gasteiger partial charge in [0.05, 0.1) is 16.6 Å². The lowest BCUT2D eigenvalue weighted by Crippen LogP contribution is -2.11. The van der Waals surface area contributed by atoms with Crippen molar-refractivity contribution in [3.05, 3.63) is 23.8 Å². The smallest absolute Gasteiger partial charge is 0.369 e. The van der Waals surface area contributed by atoms with Crippen molar-refractivity contribution in [2.45, 2.75) is 50.7 Å². The molecule has 21 heavy (non-hydrogen) atoms. The third kappa shape index (κ3) is 2.71. The summed E-state index contributed by atoms with van der Waals surface area (Å²) in [6, 6.07) is 3.93. The number of halogens is 3. The van der Waals surface area contributed by atoms with Crippen LogP contribution in [0.1, 0.15) is 50.1 Å². The highest BCUT2D eigenvalue weighted by Crippen LogP contribution is 2.35. The summed E-state index contributed by atoms with van der Waals surface area (Å²) >= 11 is 0. The first kappa shape index (κ1) is 14.2. The fourth-order valence-electron chi connectivity index (χ4n) is 3.19. The van der Waals surface area contributed by atoms with Gasteiger partial charge in [0.1, 0.15) is 0 Å². The number of hydrogen-bond acceptors (Lipinski definition) is 2. The number of nitrogen functional groups attached to an aromatic ring is 1. The first-order chi connectivity index (χ1) is 9.97. The predicted molar refractivity (Wildman–Crippen MR) is 75.9 cm³/mol. The van der Waals surface area contributed by atoms with Crippen LogP contribution in [0.25, 0.3) is 11.0 Å². The van der Waals surface area contributed by atoms with E-state index in [0.29, 0.717) is 17.0 Å². The zero-order chi connectivity index (χ0) is 15.0. The molecule has 0 atom stereocenters. The van der Waals surface area contributed by atoms with E-state index in [1.807, 2.05) is 4.57 Å². The number of hydrogen-bond donors (Lipinski definition) is 1. The Morgan fingerprint density at radius 2 is 1.76 bits per heavy atom. The van der Waals surface area contributed by atoms with Crippen molar-refractivity contribution in [2.75, 3.05) is 5.73 Å². The molecule has 0 unspecified atom stereocenters. The summed E-state index contributed by atoms with van der Waals surface area (Å²) in [5.41, 5.74) is 6.31. The minimum Gasteiger partial charge on any atom is -0.369 e. The third-order valence-corrected chi connectivity index (χ3v) is 4.23. The Balaban J connectivity index is 2.05. The molecule has 114 valence electrons. The molecular weight excluding hydrogens is 279 g/mol. The van der Waals surface area contributed by atoms with Gasteiger partial charge in [-0.15, -0.1) is 0 Å². The number of rotatable bonds is 1. The van der Waals surface area contributed by atoms with Crippen LogP contribution in [-0.2, 0) is 6.18 Å². The van der Waals surface area contributed by atoms with Crippen LogP contribution in [0.15, 0.2) is 18.2 Å². The predicted octanol–water partition coefficient (Wildman–Crippen LogP) is 4.53. The van der Waals surface area contributed by atoms with Crippen LogP contribution in [0.4, 0.5) is 19.1 Å². The van der Waals surface area contributed by atoms with Crippen LogP contribution in [0.3, 0.4) is 0 Å². The second-order valence-electron chi connectivity index (χ2n) is 5.69. The van der Waals surface area contributed by atoms with Gasteiger partial charge in [0.25, 0.3) is 0 Å². The largest absolute Gasteiger partial charge is 0.416 e. The van der Waals surface area contributed by atoms with Crippen LogP contribution < -0.4 is 5.73 Å². The standard InChI is InChI=1S/C15H18F3N3/c16-15(17,18)10-7-8-13-12(9-10)20-14(19)21(13)11-5-3-1-2-4-6-11/h7-9,11H,1-6H2,(H2,19,20). The van der Waals surface area contributed by atoms with Gasteiger partial charge in [-0.3, -0.25) is 0 Å². The lowest BCUT2D eigenvalue weighted by Gasteiger charge is -2.18. The highest BCUT2D eigenvalue weighted by molar-refractivity contribution is 5.79. The Labute approximate surface area is 121 Å². The second kappa shape index (κ2) is 5.24. The SMILES string of the molecule is Nc1nc2cc(C(F)(F)F)ccc2n1C1CCCCCC1. The molecule has 0 aliphatic heterocycles. The summed E-state index contributed by atoms with van der Waals surface area (Å²) < 4.78 is 40.2. The molecule has 2 N–H and O–H groups in total. The first-order valence-electron chi connectivity index (χ1n) is 7.31. The molecule has 1 aliphatic rings. The summed E-state index contributed by atoms with van der Waals surface area (Å²) in [7, 11) is 0. The van der Waals surface area contributed by atoms with Crippen molar-refractivity contribution in [1.82, 2.24) is 9.55 Å². The minimum absolute atomic E-state index is 0.245. The number of nitrogens with zero attached hydrogens (tertiary/aromatic N) is 2. The molecule has 0 bridgehead atoms. The van der Waals surface area contributed by atoms with Crippen molar-refractivity contribution >= 4 is 17.0 Å². The summed E-state index contributed by atoms with van der Waals surface area (Å²) in [5, 5.41) is 0. The average Bonchev–Trinajstić information content (AvgIpc) is 2.60. The Hall–Kier alpha value is -1.72. The molecule has 2 aromatic rings. The van der Waals surface area contributed by atoms with Crippen LogP contribution in [0.2, 0.25) is 0 Å². The number of nitrogens with two attached hydrogens (primary N) is 1. The third-order valence-electron chi connectivity index (χ3n) is 4.23. The van der Waals surface area contributed by atoms with Crippen molar-refractivity contribution in [3.8, 4) is 0 Å². The molecule has 1 aromatic carbocycles. The van der Waals surface area contributed by atoms with Crippen LogP contribution in [0.5, 0.6) is 0 Å². The Morgan fingerprint density at radius 1 is 1.10 bits per heavy atom. The van der Waals surface area contributed by atoms with E-state index in [1.165, 1.54) is 18.9 Å². The lowest BCUT2D eigenvalue weighted by molar-refractivity contribution is -0.137. The molecule has 0 saturated heterocycles. The summed E-state index contributed by atoms with van der Waals surface area (Å²) in [6.45, 7) is 0. The highest BCUT2D eigenvalue weighted by Gasteiger charge is 2.31. The van der Waals surface area contributed by atoms with Gasteiger partial charge >= 0.3 is 6.18 Å². The Bertz CT molecular complexity index is 637. The minimum atomic E-state index is -4.35. The molecule has 3 rings (SSSR count). The van der Waals surface area contributed by atoms with Crippen LogP contribution in [0, 0.1) is 0 Å². The monoisotopic (exact) mass is 297 g/mol. The first-order valence-corrected chi connectivity index (χ1v) is 7.31. The van der Waals surface area contributed by atoms with E-state index in [4.69, 9.17) is 5.73 Å². The fourth-order valence-corrected chi connectivity index (χ4v) is 3.19. The maximum absolute atomic E-state index is 12.8. The molecule has 6 heteroatoms. The zero-order valence-corrected chi connectivity index (χ0v) is 11.7. The summed E-state index contributed by atoms with van der Waals surface area (Å²) in [4.78, 5) is 4.13. The van der Waals surface area contributed by atoms with Gasteiger partial charge in [-0.1, -0.05) is 25.7 Å². The quantitative estimate of drug-likeness (QED) is 0.786.